The van der Waals surface area contributed by atoms with Crippen LogP contribution in [-0.4, -0.2) is 44.9 Å². The number of halogens is 1. The highest BCUT2D eigenvalue weighted by Gasteiger charge is 2.14. The minimum atomic E-state index is 0. The zero-order valence-corrected chi connectivity index (χ0v) is 21.8. The summed E-state index contributed by atoms with van der Waals surface area (Å²) in [5.74, 6) is 2.67. The molecule has 0 aliphatic rings. The summed E-state index contributed by atoms with van der Waals surface area (Å²) in [6.07, 6.45) is 0.870. The van der Waals surface area contributed by atoms with Crippen molar-refractivity contribution in [3.05, 3.63) is 33.3 Å². The summed E-state index contributed by atoms with van der Waals surface area (Å²) in [6.45, 7) is 10.7. The van der Waals surface area contributed by atoms with Crippen molar-refractivity contribution >= 4 is 41.3 Å². The van der Waals surface area contributed by atoms with Crippen LogP contribution in [-0.2, 0) is 13.0 Å². The first kappa shape index (κ1) is 26.3. The molecule has 0 saturated carbocycles. The van der Waals surface area contributed by atoms with E-state index in [1.807, 2.05) is 32.9 Å². The molecule has 0 saturated heterocycles. The average Bonchev–Trinajstić information content (AvgIpc) is 3.04. The monoisotopic (exact) mass is 548 g/mol. The molecule has 0 aliphatic heterocycles. The van der Waals surface area contributed by atoms with Crippen LogP contribution in [0.3, 0.4) is 0 Å². The fraction of sp³-hybridized carbons (Fsp3) is 0.524. The largest absolute Gasteiger partial charge is 0.493 e. The standard InChI is InChI=1S/C21H32N4O3S.HI/c1-7-22-21(23-10-9-19-25-14(3)15(4)29-19)24-13-16-11-17(26-5)20(28-8-2)18(12-16)27-6;/h11-12H,7-10,13H2,1-6H3,(H2,22,23,24);1H. The van der Waals surface area contributed by atoms with Crippen molar-refractivity contribution in [1.29, 1.82) is 0 Å². The molecule has 1 heterocycles. The normalized spacial score (nSPS) is 10.9. The van der Waals surface area contributed by atoms with E-state index < -0.39 is 0 Å². The first-order valence-corrected chi connectivity index (χ1v) is 10.7. The average molecular weight is 548 g/mol. The van der Waals surface area contributed by atoms with Gasteiger partial charge in [0.05, 0.1) is 38.1 Å². The van der Waals surface area contributed by atoms with Gasteiger partial charge >= 0.3 is 0 Å². The number of rotatable bonds is 10. The van der Waals surface area contributed by atoms with Crippen LogP contribution in [0.5, 0.6) is 17.2 Å². The summed E-state index contributed by atoms with van der Waals surface area (Å²) < 4.78 is 16.6. The van der Waals surface area contributed by atoms with Gasteiger partial charge in [-0.2, -0.15) is 0 Å². The highest BCUT2D eigenvalue weighted by atomic mass is 127. The second kappa shape index (κ2) is 13.5. The Morgan fingerprint density at radius 1 is 1.10 bits per heavy atom. The lowest BCUT2D eigenvalue weighted by Crippen LogP contribution is -2.38. The van der Waals surface area contributed by atoms with E-state index in [0.717, 1.165) is 41.7 Å². The van der Waals surface area contributed by atoms with Gasteiger partial charge in [0.2, 0.25) is 5.75 Å². The highest BCUT2D eigenvalue weighted by molar-refractivity contribution is 14.0. The van der Waals surface area contributed by atoms with Gasteiger partial charge in [0.1, 0.15) is 0 Å². The Labute approximate surface area is 200 Å². The van der Waals surface area contributed by atoms with Crippen molar-refractivity contribution in [2.24, 2.45) is 4.99 Å². The number of hydrogen-bond donors (Lipinski definition) is 2. The van der Waals surface area contributed by atoms with E-state index in [1.54, 1.807) is 25.6 Å². The second-order valence-electron chi connectivity index (χ2n) is 6.38. The lowest BCUT2D eigenvalue weighted by atomic mass is 10.2. The molecule has 2 N–H and O–H groups in total. The quantitative estimate of drug-likeness (QED) is 0.265. The van der Waals surface area contributed by atoms with Crippen LogP contribution in [0.4, 0.5) is 0 Å². The molecular formula is C21H33IN4O3S. The fourth-order valence-electron chi connectivity index (χ4n) is 2.76. The van der Waals surface area contributed by atoms with Gasteiger partial charge in [-0.05, 0) is 45.4 Å². The zero-order valence-electron chi connectivity index (χ0n) is 18.6. The number of aryl methyl sites for hydroxylation is 2. The third-order valence-corrected chi connectivity index (χ3v) is 5.41. The number of methoxy groups -OCH3 is 2. The van der Waals surface area contributed by atoms with Crippen molar-refractivity contribution in [3.63, 3.8) is 0 Å². The molecule has 2 rings (SSSR count). The number of aromatic nitrogens is 1. The number of ether oxygens (including phenoxy) is 3. The van der Waals surface area contributed by atoms with Gasteiger partial charge in [-0.1, -0.05) is 0 Å². The van der Waals surface area contributed by atoms with Gasteiger partial charge in [-0.3, -0.25) is 0 Å². The van der Waals surface area contributed by atoms with Gasteiger partial charge < -0.3 is 24.8 Å². The lowest BCUT2D eigenvalue weighted by Gasteiger charge is -2.15. The summed E-state index contributed by atoms with van der Waals surface area (Å²) in [7, 11) is 3.25. The third kappa shape index (κ3) is 7.50. The molecule has 7 nitrogen and oxygen atoms in total. The highest BCUT2D eigenvalue weighted by Crippen LogP contribution is 2.38. The van der Waals surface area contributed by atoms with Crippen molar-refractivity contribution in [2.75, 3.05) is 33.9 Å². The van der Waals surface area contributed by atoms with Gasteiger partial charge in [-0.25, -0.2) is 9.98 Å². The van der Waals surface area contributed by atoms with Gasteiger partial charge in [0.25, 0.3) is 0 Å². The fourth-order valence-corrected chi connectivity index (χ4v) is 3.69. The first-order chi connectivity index (χ1) is 14.0. The molecule has 0 spiro atoms. The number of guanidine groups is 1. The van der Waals surface area contributed by atoms with E-state index in [4.69, 9.17) is 14.2 Å². The lowest BCUT2D eigenvalue weighted by molar-refractivity contribution is 0.288. The molecule has 1 aromatic heterocycles. The number of nitrogens with one attached hydrogen (secondary N) is 2. The maximum absolute atomic E-state index is 5.66. The zero-order chi connectivity index (χ0) is 21.2. The van der Waals surface area contributed by atoms with E-state index in [2.05, 4.69) is 27.5 Å². The van der Waals surface area contributed by atoms with Gasteiger partial charge in [-0.15, -0.1) is 35.3 Å². The van der Waals surface area contributed by atoms with Crippen molar-refractivity contribution in [1.82, 2.24) is 15.6 Å². The van der Waals surface area contributed by atoms with Crippen LogP contribution in [0.1, 0.15) is 35.0 Å². The van der Waals surface area contributed by atoms with Crippen molar-refractivity contribution < 1.29 is 14.2 Å². The number of thiazole rings is 1. The second-order valence-corrected chi connectivity index (χ2v) is 7.67. The van der Waals surface area contributed by atoms with Gasteiger partial charge in [0.15, 0.2) is 17.5 Å². The molecule has 0 radical (unpaired) electrons. The molecule has 30 heavy (non-hydrogen) atoms. The SMILES string of the molecule is CCNC(=NCc1cc(OC)c(OCC)c(OC)c1)NCCc1nc(C)c(C)s1.I. The molecule has 9 heteroatoms. The van der Waals surface area contributed by atoms with Crippen molar-refractivity contribution in [2.45, 2.75) is 40.7 Å². The Kier molecular flexibility index (Phi) is 11.9. The maximum Gasteiger partial charge on any atom is 0.203 e. The molecule has 0 unspecified atom stereocenters. The van der Waals surface area contributed by atoms with E-state index in [0.29, 0.717) is 30.4 Å². The van der Waals surface area contributed by atoms with Crippen molar-refractivity contribution in [3.8, 4) is 17.2 Å². The molecular weight excluding hydrogens is 515 g/mol. The minimum Gasteiger partial charge on any atom is -0.493 e. The number of benzene rings is 1. The number of aliphatic imine (C=N–C) groups is 1. The molecule has 0 fully saturated rings. The van der Waals surface area contributed by atoms with Gasteiger partial charge in [0, 0.05) is 24.4 Å². The molecule has 0 amide bonds. The number of nitrogens with zero attached hydrogens (tertiary/aromatic N) is 2. The predicted molar refractivity (Wildman–Crippen MR) is 134 cm³/mol. The Hall–Kier alpha value is -1.75. The van der Waals surface area contributed by atoms with Crippen LogP contribution in [0, 0.1) is 13.8 Å². The van der Waals surface area contributed by atoms with E-state index in [9.17, 15) is 0 Å². The van der Waals surface area contributed by atoms with E-state index >= 15 is 0 Å². The van der Waals surface area contributed by atoms with Crippen LogP contribution < -0.4 is 24.8 Å². The Morgan fingerprint density at radius 3 is 2.27 bits per heavy atom. The molecule has 2 aromatic rings. The molecule has 1 aromatic carbocycles. The van der Waals surface area contributed by atoms with Crippen LogP contribution in [0.2, 0.25) is 0 Å². The molecule has 168 valence electrons. The van der Waals surface area contributed by atoms with Crippen LogP contribution >= 0.6 is 35.3 Å². The molecule has 0 bridgehead atoms. The predicted octanol–water partition coefficient (Wildman–Crippen LogP) is 4.09. The summed E-state index contributed by atoms with van der Waals surface area (Å²) >= 11 is 1.75. The first-order valence-electron chi connectivity index (χ1n) is 9.85. The van der Waals surface area contributed by atoms with Crippen LogP contribution in [0.15, 0.2) is 17.1 Å². The summed E-state index contributed by atoms with van der Waals surface area (Å²) in [4.78, 5) is 10.6. The summed E-state index contributed by atoms with van der Waals surface area (Å²) in [6, 6.07) is 3.86. The van der Waals surface area contributed by atoms with E-state index in [1.165, 1.54) is 4.88 Å². The topological polar surface area (TPSA) is 77.0 Å². The van der Waals surface area contributed by atoms with E-state index in [-0.39, 0.29) is 24.0 Å². The Bertz CT molecular complexity index is 782. The van der Waals surface area contributed by atoms with Crippen LogP contribution in [0.25, 0.3) is 0 Å². The Morgan fingerprint density at radius 2 is 1.77 bits per heavy atom. The third-order valence-electron chi connectivity index (χ3n) is 4.28. The molecule has 0 atom stereocenters. The summed E-state index contributed by atoms with van der Waals surface area (Å²) in [5.41, 5.74) is 2.09. The number of hydrogen-bond acceptors (Lipinski definition) is 6. The summed E-state index contributed by atoms with van der Waals surface area (Å²) in [5, 5.41) is 7.80. The minimum absolute atomic E-state index is 0. The smallest absolute Gasteiger partial charge is 0.203 e. The molecule has 0 aliphatic carbocycles. The maximum atomic E-state index is 5.66. The Balaban J connectivity index is 0.00000450.